The molecule has 0 bridgehead atoms. The topological polar surface area (TPSA) is 79.9 Å². The largest absolute Gasteiger partial charge is 0.497 e. The van der Waals surface area contributed by atoms with Crippen LogP contribution in [0, 0.1) is 11.7 Å². The van der Waals surface area contributed by atoms with Crippen LogP contribution in [0.1, 0.15) is 12.0 Å². The van der Waals surface area contributed by atoms with Crippen LogP contribution < -0.4 is 25.2 Å². The minimum atomic E-state index is -0.453. The predicted octanol–water partition coefficient (Wildman–Crippen LogP) is 3.91. The number of benzene rings is 3. The molecule has 1 saturated heterocycles. The molecule has 4 rings (SSSR count). The zero-order chi connectivity index (χ0) is 23.2. The molecular formula is C25H24FN3O4. The first-order valence-electron chi connectivity index (χ1n) is 10.5. The summed E-state index contributed by atoms with van der Waals surface area (Å²) in [5.41, 5.74) is 7.81. The van der Waals surface area contributed by atoms with Gasteiger partial charge in [-0.05, 0) is 66.2 Å². The van der Waals surface area contributed by atoms with Gasteiger partial charge in [0, 0.05) is 18.7 Å². The minimum absolute atomic E-state index is 0.0945. The summed E-state index contributed by atoms with van der Waals surface area (Å²) in [5.74, 6) is 0.263. The van der Waals surface area contributed by atoms with Gasteiger partial charge in [-0.3, -0.25) is 20.4 Å². The Kier molecular flexibility index (Phi) is 6.73. The number of hydrogen-bond acceptors (Lipinski definition) is 5. The monoisotopic (exact) mass is 449 g/mol. The van der Waals surface area contributed by atoms with E-state index in [0.717, 1.165) is 11.3 Å². The zero-order valence-electron chi connectivity index (χ0n) is 18.1. The first-order valence-corrected chi connectivity index (χ1v) is 10.5. The van der Waals surface area contributed by atoms with Gasteiger partial charge in [0.25, 0.3) is 0 Å². The Morgan fingerprint density at radius 3 is 2.33 bits per heavy atom. The second-order valence-electron chi connectivity index (χ2n) is 7.66. The highest BCUT2D eigenvalue weighted by Gasteiger charge is 2.35. The number of hydrazine groups is 1. The lowest BCUT2D eigenvalue weighted by Gasteiger charge is -2.17. The van der Waals surface area contributed by atoms with Crippen molar-refractivity contribution in [2.75, 3.05) is 24.0 Å². The molecule has 170 valence electrons. The third-order valence-electron chi connectivity index (χ3n) is 5.38. The third kappa shape index (κ3) is 5.60. The van der Waals surface area contributed by atoms with E-state index >= 15 is 0 Å². The van der Waals surface area contributed by atoms with E-state index in [1.807, 2.05) is 0 Å². The van der Waals surface area contributed by atoms with Crippen molar-refractivity contribution in [1.29, 1.82) is 0 Å². The maximum Gasteiger partial charge on any atom is 0.243 e. The van der Waals surface area contributed by atoms with Gasteiger partial charge in [-0.15, -0.1) is 0 Å². The van der Waals surface area contributed by atoms with Crippen LogP contribution in [0.4, 0.5) is 15.8 Å². The number of hydrogen-bond donors (Lipinski definition) is 2. The smallest absolute Gasteiger partial charge is 0.243 e. The summed E-state index contributed by atoms with van der Waals surface area (Å²) < 4.78 is 23.8. The van der Waals surface area contributed by atoms with Crippen molar-refractivity contribution in [2.45, 2.75) is 13.0 Å². The lowest BCUT2D eigenvalue weighted by molar-refractivity contribution is -0.125. The van der Waals surface area contributed by atoms with Gasteiger partial charge < -0.3 is 14.4 Å². The van der Waals surface area contributed by atoms with Crippen LogP contribution in [0.2, 0.25) is 0 Å². The Morgan fingerprint density at radius 2 is 1.67 bits per heavy atom. The van der Waals surface area contributed by atoms with E-state index in [4.69, 9.17) is 9.47 Å². The van der Waals surface area contributed by atoms with Gasteiger partial charge in [0.1, 0.15) is 23.9 Å². The molecule has 2 amide bonds. The number of methoxy groups -OCH3 is 1. The van der Waals surface area contributed by atoms with Crippen molar-refractivity contribution >= 4 is 23.2 Å². The average molecular weight is 449 g/mol. The molecule has 8 heteroatoms. The molecular weight excluding hydrogens is 425 g/mol. The quantitative estimate of drug-likeness (QED) is 0.510. The number of nitrogens with zero attached hydrogens (tertiary/aromatic N) is 1. The van der Waals surface area contributed by atoms with Gasteiger partial charge in [-0.25, -0.2) is 4.39 Å². The summed E-state index contributed by atoms with van der Waals surface area (Å²) in [4.78, 5) is 26.6. The molecule has 1 heterocycles. The second kappa shape index (κ2) is 10.0. The molecule has 1 atom stereocenters. The summed E-state index contributed by atoms with van der Waals surface area (Å²) in [6.45, 7) is 0.638. The molecule has 2 N–H and O–H groups in total. The lowest BCUT2D eigenvalue weighted by Crippen LogP contribution is -2.36. The fourth-order valence-electron chi connectivity index (χ4n) is 3.51. The Balaban J connectivity index is 1.26. The molecule has 7 nitrogen and oxygen atoms in total. The van der Waals surface area contributed by atoms with Crippen molar-refractivity contribution in [3.8, 4) is 11.5 Å². The number of carbonyl (C=O) groups excluding carboxylic acids is 2. The van der Waals surface area contributed by atoms with Crippen LogP contribution >= 0.6 is 0 Å². The fraction of sp³-hybridized carbons (Fsp3) is 0.200. The van der Waals surface area contributed by atoms with Gasteiger partial charge >= 0.3 is 0 Å². The summed E-state index contributed by atoms with van der Waals surface area (Å²) in [7, 11) is 1.58. The molecule has 0 aliphatic carbocycles. The first-order chi connectivity index (χ1) is 16.0. The van der Waals surface area contributed by atoms with Gasteiger partial charge in [0.2, 0.25) is 11.8 Å². The van der Waals surface area contributed by atoms with Crippen LogP contribution in [0.15, 0.2) is 72.8 Å². The number of rotatable bonds is 8. The zero-order valence-corrected chi connectivity index (χ0v) is 18.1. The fourth-order valence-corrected chi connectivity index (χ4v) is 3.51. The van der Waals surface area contributed by atoms with Crippen molar-refractivity contribution in [1.82, 2.24) is 5.43 Å². The number of ether oxygens (including phenoxy) is 2. The van der Waals surface area contributed by atoms with E-state index in [1.165, 1.54) is 12.1 Å². The van der Waals surface area contributed by atoms with Crippen molar-refractivity contribution < 1.29 is 23.5 Å². The maximum absolute atomic E-state index is 13.0. The average Bonchev–Trinajstić information content (AvgIpc) is 3.24. The van der Waals surface area contributed by atoms with Crippen LogP contribution in [0.5, 0.6) is 11.5 Å². The Labute approximate surface area is 191 Å². The van der Waals surface area contributed by atoms with Crippen LogP contribution in [-0.4, -0.2) is 25.5 Å². The summed E-state index contributed by atoms with van der Waals surface area (Å²) in [5, 5.41) is 0. The number of amides is 2. The highest BCUT2D eigenvalue weighted by Crippen LogP contribution is 2.27. The molecule has 1 fully saturated rings. The van der Waals surface area contributed by atoms with Crippen LogP contribution in [0.25, 0.3) is 0 Å². The van der Waals surface area contributed by atoms with E-state index in [9.17, 15) is 14.0 Å². The summed E-state index contributed by atoms with van der Waals surface area (Å²) in [6, 6.07) is 20.4. The second-order valence-corrected chi connectivity index (χ2v) is 7.66. The molecule has 0 radical (unpaired) electrons. The number of halogens is 1. The molecule has 3 aromatic carbocycles. The number of anilines is 2. The highest BCUT2D eigenvalue weighted by molar-refractivity contribution is 6.00. The molecule has 0 saturated carbocycles. The van der Waals surface area contributed by atoms with Gasteiger partial charge in [-0.1, -0.05) is 12.1 Å². The predicted molar refractivity (Wildman–Crippen MR) is 122 cm³/mol. The van der Waals surface area contributed by atoms with E-state index < -0.39 is 5.92 Å². The van der Waals surface area contributed by atoms with E-state index in [0.29, 0.717) is 30.3 Å². The lowest BCUT2D eigenvalue weighted by atomic mass is 10.1. The Morgan fingerprint density at radius 1 is 1.00 bits per heavy atom. The Hall–Kier alpha value is -4.07. The molecule has 33 heavy (non-hydrogen) atoms. The molecule has 0 spiro atoms. The maximum atomic E-state index is 13.0. The van der Waals surface area contributed by atoms with Gasteiger partial charge in [0.15, 0.2) is 0 Å². The summed E-state index contributed by atoms with van der Waals surface area (Å²) in [6.07, 6.45) is 0.149. The minimum Gasteiger partial charge on any atom is -0.497 e. The third-order valence-corrected chi connectivity index (χ3v) is 5.38. The highest BCUT2D eigenvalue weighted by atomic mass is 19.1. The van der Waals surface area contributed by atoms with Crippen molar-refractivity contribution in [2.24, 2.45) is 5.92 Å². The first kappa shape index (κ1) is 22.1. The summed E-state index contributed by atoms with van der Waals surface area (Å²) >= 11 is 0. The van der Waals surface area contributed by atoms with Crippen molar-refractivity contribution in [3.63, 3.8) is 0 Å². The van der Waals surface area contributed by atoms with E-state index in [-0.39, 0.29) is 24.1 Å². The molecule has 1 aliphatic heterocycles. The Bertz CT molecular complexity index is 1100. The van der Waals surface area contributed by atoms with Gasteiger partial charge in [-0.2, -0.15) is 0 Å². The van der Waals surface area contributed by atoms with E-state index in [2.05, 4.69) is 10.9 Å². The van der Waals surface area contributed by atoms with Crippen LogP contribution in [-0.2, 0) is 16.2 Å². The van der Waals surface area contributed by atoms with E-state index in [1.54, 1.807) is 72.7 Å². The number of nitrogens with one attached hydrogen (secondary N) is 2. The number of carbonyl (C=O) groups is 2. The van der Waals surface area contributed by atoms with Gasteiger partial charge in [0.05, 0.1) is 18.7 Å². The molecule has 3 aromatic rings. The van der Waals surface area contributed by atoms with Crippen LogP contribution in [0.3, 0.4) is 0 Å². The molecule has 0 unspecified atom stereocenters. The molecule has 1 aliphatic rings. The van der Waals surface area contributed by atoms with Crippen molar-refractivity contribution in [3.05, 3.63) is 84.2 Å². The molecule has 0 aromatic heterocycles. The SMILES string of the molecule is COc1ccc(N2C[C@@H](C(=O)NNc3ccc(OCc4ccc(F)cc4)cc3)CC2=O)cc1. The standard InChI is InChI=1S/C25H24FN3O4/c1-32-22-12-8-21(9-13-22)29-15-18(14-24(29)30)25(31)28-27-20-6-10-23(11-7-20)33-16-17-2-4-19(26)5-3-17/h2-13,18,27H,14-16H2,1H3,(H,28,31)/t18-/m0/s1. The normalized spacial score (nSPS) is 15.3.